The van der Waals surface area contributed by atoms with Gasteiger partial charge in [-0.1, -0.05) is 46.3 Å². The van der Waals surface area contributed by atoms with E-state index in [9.17, 15) is 19.6 Å². The monoisotopic (exact) mass is 635 g/mol. The summed E-state index contributed by atoms with van der Waals surface area (Å²) in [6.45, 7) is 0.127. The molecule has 0 unspecified atom stereocenters. The summed E-state index contributed by atoms with van der Waals surface area (Å²) in [5.41, 5.74) is 3.44. The molecular weight excluding hydrogens is 606 g/mol. The summed E-state index contributed by atoms with van der Waals surface area (Å²) < 4.78 is 6.76. The minimum atomic E-state index is -0.770. The number of imide groups is 2. The van der Waals surface area contributed by atoms with Crippen LogP contribution in [0.3, 0.4) is 0 Å². The second kappa shape index (κ2) is 10.8. The van der Waals surface area contributed by atoms with Crippen molar-refractivity contribution in [3.63, 3.8) is 0 Å². The van der Waals surface area contributed by atoms with Gasteiger partial charge in [-0.2, -0.15) is 5.26 Å². The second-order valence-corrected chi connectivity index (χ2v) is 13.4. The average molecular weight is 637 g/mol. The minimum Gasteiger partial charge on any atom is -0.488 e. The standard InChI is InChI=1S/C35H30BrN3O4/c36-28-7-10-31(43-20-25-4-2-1-3-24(25)19-37)26(14-28)15-30-32(40)38-34(42)39(33(30)41)29-8-5-27(6-9-29)35-16-21-11-22(17-35)13-23(12-21)18-35/h1-10,14-15,21-23H,11-13,16-18,20H2,(H,38,40,42)/b30-15+. The third-order valence-corrected chi connectivity index (χ3v) is 10.2. The van der Waals surface area contributed by atoms with Crippen molar-refractivity contribution in [3.8, 4) is 11.8 Å². The molecule has 0 spiro atoms. The normalized spacial score (nSPS) is 26.9. The highest BCUT2D eigenvalue weighted by Crippen LogP contribution is 2.60. The Morgan fingerprint density at radius 1 is 0.953 bits per heavy atom. The molecule has 0 aromatic heterocycles. The number of nitrogens with zero attached hydrogens (tertiary/aromatic N) is 2. The molecule has 1 heterocycles. The van der Waals surface area contributed by atoms with E-state index in [2.05, 4.69) is 39.4 Å². The third-order valence-electron chi connectivity index (χ3n) is 9.67. The van der Waals surface area contributed by atoms with Gasteiger partial charge in [-0.05, 0) is 110 Å². The number of carbonyl (C=O) groups is 3. The molecule has 7 nitrogen and oxygen atoms in total. The largest absolute Gasteiger partial charge is 0.488 e. The molecule has 4 aliphatic carbocycles. The Morgan fingerprint density at radius 2 is 1.63 bits per heavy atom. The van der Waals surface area contributed by atoms with Crippen LogP contribution in [0.15, 0.2) is 76.8 Å². The summed E-state index contributed by atoms with van der Waals surface area (Å²) in [6.07, 6.45) is 9.20. The van der Waals surface area contributed by atoms with Crippen molar-refractivity contribution in [2.45, 2.75) is 50.5 Å². The Bertz CT molecular complexity index is 1690. The second-order valence-electron chi connectivity index (χ2n) is 12.4. The first-order valence-corrected chi connectivity index (χ1v) is 15.5. The average Bonchev–Trinajstić information content (AvgIpc) is 2.98. The number of nitriles is 1. The molecule has 3 aromatic carbocycles. The molecule has 5 fully saturated rings. The van der Waals surface area contributed by atoms with Gasteiger partial charge in [0.1, 0.15) is 17.9 Å². The van der Waals surface area contributed by atoms with Gasteiger partial charge in [-0.25, -0.2) is 9.69 Å². The first-order chi connectivity index (χ1) is 20.8. The zero-order valence-electron chi connectivity index (χ0n) is 23.5. The predicted molar refractivity (Wildman–Crippen MR) is 165 cm³/mol. The molecule has 1 aliphatic heterocycles. The molecule has 4 bridgehead atoms. The van der Waals surface area contributed by atoms with Crippen molar-refractivity contribution >= 4 is 45.5 Å². The molecule has 1 saturated heterocycles. The molecule has 0 atom stereocenters. The van der Waals surface area contributed by atoms with E-state index >= 15 is 0 Å². The van der Waals surface area contributed by atoms with Crippen LogP contribution in [0.25, 0.3) is 6.08 Å². The highest BCUT2D eigenvalue weighted by molar-refractivity contribution is 9.10. The van der Waals surface area contributed by atoms with E-state index < -0.39 is 17.8 Å². The van der Waals surface area contributed by atoms with E-state index in [4.69, 9.17) is 4.74 Å². The summed E-state index contributed by atoms with van der Waals surface area (Å²) in [7, 11) is 0. The zero-order chi connectivity index (χ0) is 29.7. The molecule has 0 radical (unpaired) electrons. The lowest BCUT2D eigenvalue weighted by Gasteiger charge is -2.57. The number of amides is 4. The Morgan fingerprint density at radius 3 is 2.30 bits per heavy atom. The lowest BCUT2D eigenvalue weighted by molar-refractivity contribution is -0.122. The lowest BCUT2D eigenvalue weighted by Crippen LogP contribution is -2.54. The molecule has 5 aliphatic rings. The fourth-order valence-corrected chi connectivity index (χ4v) is 8.53. The lowest BCUT2D eigenvalue weighted by atomic mass is 9.48. The summed E-state index contributed by atoms with van der Waals surface area (Å²) in [4.78, 5) is 40.6. The van der Waals surface area contributed by atoms with Crippen molar-refractivity contribution in [2.24, 2.45) is 17.8 Å². The number of anilines is 1. The molecule has 43 heavy (non-hydrogen) atoms. The van der Waals surface area contributed by atoms with E-state index in [0.717, 1.165) is 27.1 Å². The number of benzene rings is 3. The molecule has 4 amide bonds. The number of rotatable bonds is 6. The molecule has 216 valence electrons. The van der Waals surface area contributed by atoms with E-state index in [-0.39, 0.29) is 17.6 Å². The van der Waals surface area contributed by atoms with E-state index in [1.54, 1.807) is 30.3 Å². The fraction of sp³-hybridized carbons (Fsp3) is 0.314. The van der Waals surface area contributed by atoms with Crippen LogP contribution in [0, 0.1) is 29.1 Å². The van der Waals surface area contributed by atoms with Crippen LogP contribution in [0.5, 0.6) is 5.75 Å². The third kappa shape index (κ3) is 5.06. The number of carbonyl (C=O) groups excluding carboxylic acids is 3. The van der Waals surface area contributed by atoms with Crippen molar-refractivity contribution < 1.29 is 19.1 Å². The van der Waals surface area contributed by atoms with Crippen LogP contribution >= 0.6 is 15.9 Å². The van der Waals surface area contributed by atoms with E-state index in [0.29, 0.717) is 28.1 Å². The summed E-state index contributed by atoms with van der Waals surface area (Å²) in [5.74, 6) is 1.40. The number of hydrogen-bond donors (Lipinski definition) is 1. The summed E-state index contributed by atoms with van der Waals surface area (Å²) in [5, 5.41) is 11.7. The summed E-state index contributed by atoms with van der Waals surface area (Å²) in [6, 6.07) is 21.6. The Labute approximate surface area is 258 Å². The van der Waals surface area contributed by atoms with Crippen molar-refractivity contribution in [1.29, 1.82) is 5.26 Å². The summed E-state index contributed by atoms with van der Waals surface area (Å²) >= 11 is 3.45. The number of barbiturate groups is 1. The SMILES string of the molecule is N#Cc1ccccc1COc1ccc(Br)cc1/C=C1\C(=O)NC(=O)N(c2ccc(C34CC5CC(CC(C5)C3)C4)cc2)C1=O. The maximum absolute atomic E-state index is 13.7. The number of ether oxygens (including phenoxy) is 1. The zero-order valence-corrected chi connectivity index (χ0v) is 25.1. The molecular formula is C35H30BrN3O4. The highest BCUT2D eigenvalue weighted by Gasteiger charge is 2.51. The van der Waals surface area contributed by atoms with Crippen LogP contribution < -0.4 is 15.0 Å². The maximum atomic E-state index is 13.7. The Balaban J connectivity index is 1.16. The molecule has 8 rings (SSSR count). The number of urea groups is 1. The highest BCUT2D eigenvalue weighted by atomic mass is 79.9. The van der Waals surface area contributed by atoms with E-state index in [1.165, 1.54) is 50.2 Å². The Hall–Kier alpha value is -4.22. The fourth-order valence-electron chi connectivity index (χ4n) is 8.15. The molecule has 8 heteroatoms. The minimum absolute atomic E-state index is 0.127. The molecule has 1 N–H and O–H groups in total. The van der Waals surface area contributed by atoms with Crippen LogP contribution in [0.1, 0.15) is 60.8 Å². The van der Waals surface area contributed by atoms with Crippen molar-refractivity contribution in [1.82, 2.24) is 5.32 Å². The van der Waals surface area contributed by atoms with Gasteiger partial charge in [0.25, 0.3) is 11.8 Å². The van der Waals surface area contributed by atoms with Crippen molar-refractivity contribution in [3.05, 3.63) is 99.0 Å². The van der Waals surface area contributed by atoms with Crippen LogP contribution in [-0.2, 0) is 21.6 Å². The Kier molecular flexibility index (Phi) is 6.94. The quantitative estimate of drug-likeness (QED) is 0.231. The smallest absolute Gasteiger partial charge is 0.335 e. The van der Waals surface area contributed by atoms with Crippen LogP contribution in [-0.4, -0.2) is 17.8 Å². The van der Waals surface area contributed by atoms with Gasteiger partial charge >= 0.3 is 6.03 Å². The van der Waals surface area contributed by atoms with Crippen LogP contribution in [0.4, 0.5) is 10.5 Å². The van der Waals surface area contributed by atoms with Gasteiger partial charge < -0.3 is 4.74 Å². The van der Waals surface area contributed by atoms with Gasteiger partial charge in [-0.15, -0.1) is 0 Å². The number of nitrogens with one attached hydrogen (secondary N) is 1. The molecule has 3 aromatic rings. The first-order valence-electron chi connectivity index (χ1n) is 14.7. The molecule has 4 saturated carbocycles. The van der Waals surface area contributed by atoms with Gasteiger partial charge in [0, 0.05) is 15.6 Å². The van der Waals surface area contributed by atoms with Gasteiger partial charge in [-0.3, -0.25) is 14.9 Å². The predicted octanol–water partition coefficient (Wildman–Crippen LogP) is 7.03. The van der Waals surface area contributed by atoms with Crippen molar-refractivity contribution in [2.75, 3.05) is 4.90 Å². The number of hydrogen-bond acceptors (Lipinski definition) is 5. The van der Waals surface area contributed by atoms with Gasteiger partial charge in [0.2, 0.25) is 0 Å². The number of halogens is 1. The maximum Gasteiger partial charge on any atom is 0.335 e. The van der Waals surface area contributed by atoms with Crippen LogP contribution in [0.2, 0.25) is 0 Å². The van der Waals surface area contributed by atoms with Gasteiger partial charge in [0.05, 0.1) is 17.3 Å². The van der Waals surface area contributed by atoms with Gasteiger partial charge in [0.15, 0.2) is 0 Å². The topological polar surface area (TPSA) is 99.5 Å². The van der Waals surface area contributed by atoms with E-state index in [1.807, 2.05) is 24.3 Å². The first kappa shape index (κ1) is 27.6.